The monoisotopic (exact) mass is 379 g/mol. The molecule has 1 fully saturated rings. The molecule has 0 aliphatic carbocycles. The van der Waals surface area contributed by atoms with Gasteiger partial charge >= 0.3 is 0 Å². The highest BCUT2D eigenvalue weighted by Crippen LogP contribution is 2.25. The van der Waals surface area contributed by atoms with Crippen molar-refractivity contribution in [1.82, 2.24) is 14.3 Å². The fourth-order valence-corrected chi connectivity index (χ4v) is 4.70. The lowest BCUT2D eigenvalue weighted by Gasteiger charge is -2.35. The summed E-state index contributed by atoms with van der Waals surface area (Å²) in [6, 6.07) is 14.0. The van der Waals surface area contributed by atoms with Crippen molar-refractivity contribution in [3.05, 3.63) is 66.1 Å². The van der Waals surface area contributed by atoms with Crippen LogP contribution in [0.5, 0.6) is 0 Å². The van der Waals surface area contributed by atoms with E-state index < -0.39 is 0 Å². The van der Waals surface area contributed by atoms with E-state index in [4.69, 9.17) is 0 Å². The fourth-order valence-electron chi connectivity index (χ4n) is 3.92. The smallest absolute Gasteiger partial charge is 0.253 e. The second-order valence-corrected chi connectivity index (χ2v) is 8.72. The molecule has 5 heteroatoms. The van der Waals surface area contributed by atoms with E-state index in [0.29, 0.717) is 11.8 Å². The van der Waals surface area contributed by atoms with Gasteiger partial charge in [0.2, 0.25) is 0 Å². The third kappa shape index (κ3) is 4.19. The van der Waals surface area contributed by atoms with Crippen molar-refractivity contribution in [2.45, 2.75) is 30.9 Å². The van der Waals surface area contributed by atoms with Crippen LogP contribution in [-0.4, -0.2) is 33.3 Å². The molecule has 0 saturated carbocycles. The van der Waals surface area contributed by atoms with Gasteiger partial charge in [-0.1, -0.05) is 19.9 Å². The van der Waals surface area contributed by atoms with Crippen LogP contribution in [0.4, 0.5) is 0 Å². The number of aromatic nitrogens is 2. The molecule has 1 amide bonds. The van der Waals surface area contributed by atoms with Gasteiger partial charge in [0.05, 0.1) is 5.69 Å². The lowest BCUT2D eigenvalue weighted by Crippen LogP contribution is -2.42. The van der Waals surface area contributed by atoms with Crippen molar-refractivity contribution in [2.24, 2.45) is 11.8 Å². The van der Waals surface area contributed by atoms with Crippen LogP contribution in [0.2, 0.25) is 0 Å². The molecule has 2 aromatic heterocycles. The number of piperidine rings is 1. The van der Waals surface area contributed by atoms with Gasteiger partial charge in [0.1, 0.15) is 5.65 Å². The summed E-state index contributed by atoms with van der Waals surface area (Å²) in [4.78, 5) is 20.6. The summed E-state index contributed by atoms with van der Waals surface area (Å²) < 4.78 is 2.04. The third-order valence-electron chi connectivity index (χ3n) is 5.06. The number of imidazole rings is 1. The molecule has 0 N–H and O–H groups in total. The average Bonchev–Trinajstić information content (AvgIpc) is 3.08. The van der Waals surface area contributed by atoms with Crippen LogP contribution >= 0.6 is 11.8 Å². The maximum absolute atomic E-state index is 12.8. The summed E-state index contributed by atoms with van der Waals surface area (Å²) in [5.41, 5.74) is 2.81. The van der Waals surface area contributed by atoms with Gasteiger partial charge in [0.25, 0.3) is 5.91 Å². The van der Waals surface area contributed by atoms with Crippen LogP contribution in [0.25, 0.3) is 5.65 Å². The summed E-state index contributed by atoms with van der Waals surface area (Å²) >= 11 is 1.74. The lowest BCUT2D eigenvalue weighted by molar-refractivity contribution is 0.0623. The van der Waals surface area contributed by atoms with Gasteiger partial charge in [-0.2, -0.15) is 0 Å². The number of nitrogens with zero attached hydrogens (tertiary/aromatic N) is 3. The zero-order valence-electron chi connectivity index (χ0n) is 15.8. The van der Waals surface area contributed by atoms with Crippen LogP contribution in [-0.2, 0) is 5.75 Å². The number of benzene rings is 1. The number of pyridine rings is 1. The Labute approximate surface area is 164 Å². The zero-order chi connectivity index (χ0) is 18.8. The minimum atomic E-state index is 0.158. The summed E-state index contributed by atoms with van der Waals surface area (Å²) in [5, 5.41) is 0. The van der Waals surface area contributed by atoms with E-state index in [0.717, 1.165) is 40.6 Å². The molecule has 4 rings (SSSR count). The number of thioether (sulfide) groups is 1. The van der Waals surface area contributed by atoms with Gasteiger partial charge in [-0.05, 0) is 54.7 Å². The number of rotatable bonds is 4. The van der Waals surface area contributed by atoms with Crippen molar-refractivity contribution in [2.75, 3.05) is 13.1 Å². The second kappa shape index (κ2) is 7.77. The first-order valence-corrected chi connectivity index (χ1v) is 10.5. The Morgan fingerprint density at radius 2 is 1.85 bits per heavy atom. The highest BCUT2D eigenvalue weighted by molar-refractivity contribution is 7.98. The van der Waals surface area contributed by atoms with Crippen molar-refractivity contribution in [3.63, 3.8) is 0 Å². The fraction of sp³-hybridized carbons (Fsp3) is 0.364. The molecular formula is C22H25N3OS. The van der Waals surface area contributed by atoms with Gasteiger partial charge < -0.3 is 9.30 Å². The van der Waals surface area contributed by atoms with E-state index in [1.807, 2.05) is 58.0 Å². The summed E-state index contributed by atoms with van der Waals surface area (Å²) in [6.07, 6.45) is 5.29. The Morgan fingerprint density at radius 1 is 1.11 bits per heavy atom. The first-order valence-electron chi connectivity index (χ1n) is 9.53. The van der Waals surface area contributed by atoms with Crippen molar-refractivity contribution < 1.29 is 4.79 Å². The van der Waals surface area contributed by atoms with E-state index in [1.165, 1.54) is 6.42 Å². The summed E-state index contributed by atoms with van der Waals surface area (Å²) in [6.45, 7) is 6.20. The minimum Gasteiger partial charge on any atom is -0.338 e. The van der Waals surface area contributed by atoms with Crippen LogP contribution in [0.1, 0.15) is 36.3 Å². The number of amides is 1. The van der Waals surface area contributed by atoms with Gasteiger partial charge in [0.15, 0.2) is 0 Å². The van der Waals surface area contributed by atoms with Crippen LogP contribution < -0.4 is 0 Å². The molecule has 1 aromatic carbocycles. The lowest BCUT2D eigenvalue weighted by atomic mass is 9.91. The third-order valence-corrected chi connectivity index (χ3v) is 6.10. The molecule has 3 heterocycles. The second-order valence-electron chi connectivity index (χ2n) is 7.67. The van der Waals surface area contributed by atoms with E-state index in [2.05, 4.69) is 25.0 Å². The largest absolute Gasteiger partial charge is 0.338 e. The zero-order valence-corrected chi connectivity index (χ0v) is 16.7. The van der Waals surface area contributed by atoms with Gasteiger partial charge in [0, 0.05) is 41.7 Å². The molecule has 140 valence electrons. The molecule has 1 aliphatic heterocycles. The molecule has 27 heavy (non-hydrogen) atoms. The maximum atomic E-state index is 12.8. The SMILES string of the molecule is C[C@H]1C[C@H](C)CN(C(=O)c2ccc(SCc3cn4ccccc4n3)cc2)C1. The number of carbonyl (C=O) groups is 1. The molecule has 1 aliphatic rings. The Balaban J connectivity index is 1.39. The van der Waals surface area contributed by atoms with Gasteiger partial charge in [-0.15, -0.1) is 11.8 Å². The Morgan fingerprint density at radius 3 is 2.56 bits per heavy atom. The normalized spacial score (nSPS) is 20.1. The standard InChI is InChI=1S/C22H25N3OS/c1-16-11-17(2)13-25(12-16)22(26)18-6-8-20(9-7-18)27-15-19-14-24-10-4-3-5-21(24)23-19/h3-10,14,16-17H,11-13,15H2,1-2H3/t16-,17-/m0/s1. The average molecular weight is 380 g/mol. The molecule has 0 bridgehead atoms. The van der Waals surface area contributed by atoms with E-state index >= 15 is 0 Å². The van der Waals surface area contributed by atoms with Crippen molar-refractivity contribution in [1.29, 1.82) is 0 Å². The molecule has 0 spiro atoms. The van der Waals surface area contributed by atoms with Crippen LogP contribution in [0, 0.1) is 11.8 Å². The highest BCUT2D eigenvalue weighted by atomic mass is 32.2. The molecule has 1 saturated heterocycles. The van der Waals surface area contributed by atoms with Crippen LogP contribution in [0.3, 0.4) is 0 Å². The first-order chi connectivity index (χ1) is 13.1. The predicted octanol–water partition coefficient (Wildman–Crippen LogP) is 4.74. The maximum Gasteiger partial charge on any atom is 0.253 e. The Hall–Kier alpha value is -2.27. The first kappa shape index (κ1) is 18.1. The number of fused-ring (bicyclic) bond motifs is 1. The van der Waals surface area contributed by atoms with Crippen molar-refractivity contribution >= 4 is 23.3 Å². The predicted molar refractivity (Wildman–Crippen MR) is 110 cm³/mol. The number of hydrogen-bond acceptors (Lipinski definition) is 3. The van der Waals surface area contributed by atoms with Gasteiger partial charge in [-0.3, -0.25) is 4.79 Å². The van der Waals surface area contributed by atoms with Crippen molar-refractivity contribution in [3.8, 4) is 0 Å². The molecule has 0 radical (unpaired) electrons. The molecule has 3 aromatic rings. The quantitative estimate of drug-likeness (QED) is 0.614. The summed E-state index contributed by atoms with van der Waals surface area (Å²) in [5.74, 6) is 2.14. The molecular weight excluding hydrogens is 354 g/mol. The minimum absolute atomic E-state index is 0.158. The van der Waals surface area contributed by atoms with E-state index in [1.54, 1.807) is 11.8 Å². The Kier molecular flexibility index (Phi) is 5.21. The van der Waals surface area contributed by atoms with E-state index in [9.17, 15) is 4.79 Å². The van der Waals surface area contributed by atoms with Crippen LogP contribution in [0.15, 0.2) is 59.8 Å². The van der Waals surface area contributed by atoms with E-state index in [-0.39, 0.29) is 5.91 Å². The Bertz CT molecular complexity index is 891. The highest BCUT2D eigenvalue weighted by Gasteiger charge is 2.26. The number of hydrogen-bond donors (Lipinski definition) is 0. The molecule has 4 nitrogen and oxygen atoms in total. The molecule has 2 atom stereocenters. The number of carbonyl (C=O) groups excluding carboxylic acids is 1. The topological polar surface area (TPSA) is 37.6 Å². The number of likely N-dealkylation sites (tertiary alicyclic amines) is 1. The van der Waals surface area contributed by atoms with Gasteiger partial charge in [-0.25, -0.2) is 4.98 Å². The molecule has 0 unspecified atom stereocenters. The summed E-state index contributed by atoms with van der Waals surface area (Å²) in [7, 11) is 0.